The number of methoxy groups -OCH3 is 1. The molecule has 0 fully saturated rings. The van der Waals surface area contributed by atoms with Crippen molar-refractivity contribution in [3.63, 3.8) is 0 Å². The fourth-order valence-corrected chi connectivity index (χ4v) is 3.55. The molecular weight excluding hydrogens is 463 g/mol. The van der Waals surface area contributed by atoms with E-state index in [0.29, 0.717) is 52.6 Å². The van der Waals surface area contributed by atoms with Gasteiger partial charge in [0, 0.05) is 24.2 Å². The summed E-state index contributed by atoms with van der Waals surface area (Å²) >= 11 is 18.1. The lowest BCUT2D eigenvalue weighted by Gasteiger charge is -2.07. The molecule has 0 aliphatic rings. The SMILES string of the molecule is COCCn1c(-c2ccc(Cl)cc2)nn(CC(=O)NCCc2cccc(Cl)c2Cl)c1=O. The van der Waals surface area contributed by atoms with Gasteiger partial charge in [-0.05, 0) is 42.3 Å². The minimum atomic E-state index is -0.393. The Bertz CT molecular complexity index is 1110. The van der Waals surface area contributed by atoms with Crippen LogP contribution < -0.4 is 11.0 Å². The number of carbonyl (C=O) groups is 1. The van der Waals surface area contributed by atoms with E-state index in [1.54, 1.807) is 43.5 Å². The van der Waals surface area contributed by atoms with E-state index in [0.717, 1.165) is 10.2 Å². The van der Waals surface area contributed by atoms with Crippen LogP contribution in [-0.2, 0) is 29.0 Å². The monoisotopic (exact) mass is 482 g/mol. The summed E-state index contributed by atoms with van der Waals surface area (Å²) < 4.78 is 7.72. The van der Waals surface area contributed by atoms with Crippen molar-refractivity contribution >= 4 is 40.7 Å². The van der Waals surface area contributed by atoms with Crippen LogP contribution in [-0.4, -0.2) is 40.5 Å². The second kappa shape index (κ2) is 10.8. The molecule has 7 nitrogen and oxygen atoms in total. The molecular formula is C21H21Cl3N4O3. The molecule has 0 saturated carbocycles. The van der Waals surface area contributed by atoms with Gasteiger partial charge < -0.3 is 10.1 Å². The van der Waals surface area contributed by atoms with Gasteiger partial charge in [-0.1, -0.05) is 46.9 Å². The summed E-state index contributed by atoms with van der Waals surface area (Å²) in [4.78, 5) is 25.2. The maximum absolute atomic E-state index is 12.8. The number of hydrogen-bond donors (Lipinski definition) is 1. The number of halogens is 3. The van der Waals surface area contributed by atoms with Gasteiger partial charge in [0.05, 0.1) is 23.2 Å². The van der Waals surface area contributed by atoms with Crippen molar-refractivity contribution in [3.8, 4) is 11.4 Å². The summed E-state index contributed by atoms with van der Waals surface area (Å²) in [6, 6.07) is 12.3. The Morgan fingerprint density at radius 1 is 1.13 bits per heavy atom. The molecule has 31 heavy (non-hydrogen) atoms. The van der Waals surface area contributed by atoms with E-state index >= 15 is 0 Å². The molecule has 0 aliphatic heterocycles. The number of rotatable bonds is 9. The Labute approximate surface area is 194 Å². The molecule has 0 atom stereocenters. The van der Waals surface area contributed by atoms with Gasteiger partial charge in [-0.3, -0.25) is 9.36 Å². The normalized spacial score (nSPS) is 11.0. The molecule has 0 radical (unpaired) electrons. The number of amides is 1. The molecule has 164 valence electrons. The van der Waals surface area contributed by atoms with Gasteiger partial charge >= 0.3 is 5.69 Å². The maximum Gasteiger partial charge on any atom is 0.346 e. The largest absolute Gasteiger partial charge is 0.383 e. The van der Waals surface area contributed by atoms with Gasteiger partial charge in [-0.15, -0.1) is 5.10 Å². The second-order valence-electron chi connectivity index (χ2n) is 6.73. The molecule has 1 heterocycles. The lowest BCUT2D eigenvalue weighted by molar-refractivity contribution is -0.121. The molecule has 0 spiro atoms. The summed E-state index contributed by atoms with van der Waals surface area (Å²) in [5, 5.41) is 8.66. The third kappa shape index (κ3) is 5.89. The first-order valence-electron chi connectivity index (χ1n) is 9.53. The summed E-state index contributed by atoms with van der Waals surface area (Å²) in [6.45, 7) is 0.783. The van der Waals surface area contributed by atoms with Crippen molar-refractivity contribution in [2.24, 2.45) is 0 Å². The van der Waals surface area contributed by atoms with Crippen molar-refractivity contribution in [1.29, 1.82) is 0 Å². The smallest absolute Gasteiger partial charge is 0.346 e. The van der Waals surface area contributed by atoms with Gasteiger partial charge in [0.1, 0.15) is 6.54 Å². The van der Waals surface area contributed by atoms with Crippen LogP contribution in [0.1, 0.15) is 5.56 Å². The Balaban J connectivity index is 1.71. The molecule has 1 amide bonds. The van der Waals surface area contributed by atoms with Crippen LogP contribution in [0.25, 0.3) is 11.4 Å². The number of benzene rings is 2. The molecule has 1 N–H and O–H groups in total. The van der Waals surface area contributed by atoms with Gasteiger partial charge in [-0.25, -0.2) is 9.48 Å². The number of ether oxygens (including phenoxy) is 1. The average Bonchev–Trinajstić information content (AvgIpc) is 3.05. The first kappa shape index (κ1) is 23.3. The Morgan fingerprint density at radius 2 is 1.87 bits per heavy atom. The number of hydrogen-bond acceptors (Lipinski definition) is 4. The predicted octanol–water partition coefficient (Wildman–Crippen LogP) is 3.68. The minimum absolute atomic E-state index is 0.206. The fourth-order valence-electron chi connectivity index (χ4n) is 3.01. The van der Waals surface area contributed by atoms with Crippen LogP contribution in [0.5, 0.6) is 0 Å². The van der Waals surface area contributed by atoms with E-state index < -0.39 is 5.69 Å². The predicted molar refractivity (Wildman–Crippen MR) is 122 cm³/mol. The van der Waals surface area contributed by atoms with Crippen LogP contribution in [0.3, 0.4) is 0 Å². The molecule has 0 saturated heterocycles. The van der Waals surface area contributed by atoms with E-state index in [9.17, 15) is 9.59 Å². The highest BCUT2D eigenvalue weighted by atomic mass is 35.5. The zero-order valence-electron chi connectivity index (χ0n) is 16.8. The Morgan fingerprint density at radius 3 is 2.58 bits per heavy atom. The topological polar surface area (TPSA) is 78.2 Å². The van der Waals surface area contributed by atoms with E-state index in [4.69, 9.17) is 39.5 Å². The van der Waals surface area contributed by atoms with Crippen LogP contribution >= 0.6 is 34.8 Å². The average molecular weight is 484 g/mol. The third-order valence-corrected chi connectivity index (χ3v) is 5.70. The zero-order chi connectivity index (χ0) is 22.4. The molecule has 3 rings (SSSR count). The lowest BCUT2D eigenvalue weighted by Crippen LogP contribution is -2.35. The van der Waals surface area contributed by atoms with E-state index in [1.165, 1.54) is 4.57 Å². The van der Waals surface area contributed by atoms with Gasteiger partial charge in [0.2, 0.25) is 5.91 Å². The second-order valence-corrected chi connectivity index (χ2v) is 7.95. The number of aromatic nitrogens is 3. The highest BCUT2D eigenvalue weighted by Gasteiger charge is 2.17. The fraction of sp³-hybridized carbons (Fsp3) is 0.286. The van der Waals surface area contributed by atoms with E-state index in [1.807, 2.05) is 6.07 Å². The highest BCUT2D eigenvalue weighted by molar-refractivity contribution is 6.42. The van der Waals surface area contributed by atoms with Gasteiger partial charge in [0.15, 0.2) is 5.82 Å². The van der Waals surface area contributed by atoms with E-state index in [2.05, 4.69) is 10.4 Å². The molecule has 0 unspecified atom stereocenters. The molecule has 3 aromatic rings. The standard InChI is InChI=1S/C21H21Cl3N4O3/c1-31-12-11-27-20(15-5-7-16(22)8-6-15)26-28(21(27)30)13-18(29)25-10-9-14-3-2-4-17(23)19(14)24/h2-8H,9-13H2,1H3,(H,25,29). The number of carbonyl (C=O) groups excluding carboxylic acids is 1. The van der Waals surface area contributed by atoms with Gasteiger partial charge in [-0.2, -0.15) is 0 Å². The Kier molecular flexibility index (Phi) is 8.15. The van der Waals surface area contributed by atoms with E-state index in [-0.39, 0.29) is 12.5 Å². The van der Waals surface area contributed by atoms with Crippen molar-refractivity contribution in [2.75, 3.05) is 20.3 Å². The van der Waals surface area contributed by atoms with Crippen molar-refractivity contribution in [1.82, 2.24) is 19.7 Å². The molecule has 1 aromatic heterocycles. The van der Waals surface area contributed by atoms with Crippen LogP contribution in [0.4, 0.5) is 0 Å². The highest BCUT2D eigenvalue weighted by Crippen LogP contribution is 2.25. The minimum Gasteiger partial charge on any atom is -0.383 e. The summed E-state index contributed by atoms with van der Waals surface area (Å²) in [7, 11) is 1.55. The maximum atomic E-state index is 12.8. The first-order chi connectivity index (χ1) is 14.9. The molecule has 0 aliphatic carbocycles. The van der Waals surface area contributed by atoms with Crippen molar-refractivity contribution in [2.45, 2.75) is 19.5 Å². The molecule has 0 bridgehead atoms. The summed E-state index contributed by atoms with van der Waals surface area (Å²) in [5.74, 6) is 0.108. The third-order valence-electron chi connectivity index (χ3n) is 4.59. The number of nitrogens with one attached hydrogen (secondary N) is 1. The quantitative estimate of drug-likeness (QED) is 0.504. The summed E-state index contributed by atoms with van der Waals surface area (Å²) in [6.07, 6.45) is 0.512. The molecule has 2 aromatic carbocycles. The van der Waals surface area contributed by atoms with Crippen LogP contribution in [0.2, 0.25) is 15.1 Å². The zero-order valence-corrected chi connectivity index (χ0v) is 19.0. The van der Waals surface area contributed by atoms with Crippen molar-refractivity contribution in [3.05, 3.63) is 73.6 Å². The van der Waals surface area contributed by atoms with Crippen molar-refractivity contribution < 1.29 is 9.53 Å². The Hall–Kier alpha value is -2.32. The van der Waals surface area contributed by atoms with Crippen LogP contribution in [0.15, 0.2) is 47.3 Å². The lowest BCUT2D eigenvalue weighted by atomic mass is 10.1. The van der Waals surface area contributed by atoms with Gasteiger partial charge in [0.25, 0.3) is 0 Å². The van der Waals surface area contributed by atoms with Crippen LogP contribution in [0, 0.1) is 0 Å². The molecule has 10 heteroatoms. The first-order valence-corrected chi connectivity index (χ1v) is 10.7. The number of nitrogens with zero attached hydrogens (tertiary/aromatic N) is 3. The summed E-state index contributed by atoms with van der Waals surface area (Å²) in [5.41, 5.74) is 1.16.